The Hall–Kier alpha value is -1.88. The normalized spacial score (nSPS) is 13.0. The topological polar surface area (TPSA) is 21.6 Å². The monoisotopic (exact) mass is 363 g/mol. The van der Waals surface area contributed by atoms with Crippen LogP contribution in [0.15, 0.2) is 46.3 Å². The summed E-state index contributed by atoms with van der Waals surface area (Å²) in [5.74, 6) is 0.637. The molecule has 134 valence electrons. The number of aryl methyl sites for hydroxylation is 1. The Bertz CT molecular complexity index is 761. The van der Waals surface area contributed by atoms with Gasteiger partial charge in [-0.25, -0.2) is 4.39 Å². The maximum atomic E-state index is 13.8. The average Bonchev–Trinajstić information content (AvgIpc) is 2.62. The number of methoxy groups -OCH3 is 1. The number of halogens is 2. The molecule has 1 unspecified atom stereocenters. The zero-order chi connectivity index (χ0) is 18.4. The molecule has 2 nitrogen and oxygen atoms in total. The first-order valence-corrected chi connectivity index (χ1v) is 8.93. The van der Waals surface area contributed by atoms with Gasteiger partial charge >= 0.3 is 0 Å². The molecule has 0 amide bonds. The summed E-state index contributed by atoms with van der Waals surface area (Å²) in [5.41, 5.74) is 3.41. The van der Waals surface area contributed by atoms with Crippen molar-refractivity contribution in [3.05, 3.63) is 53.3 Å². The Morgan fingerprint density at radius 1 is 1.28 bits per heavy atom. The Morgan fingerprint density at radius 2 is 2.00 bits per heavy atom. The molecule has 0 fully saturated rings. The first kappa shape index (κ1) is 19.4. The maximum absolute atomic E-state index is 13.8. The molecule has 0 aliphatic rings. The molecule has 0 saturated heterocycles. The van der Waals surface area contributed by atoms with Crippen molar-refractivity contribution in [2.45, 2.75) is 44.4 Å². The lowest BCUT2D eigenvalue weighted by Crippen LogP contribution is -2.01. The summed E-state index contributed by atoms with van der Waals surface area (Å²) >= 11 is -0.0829. The molecule has 0 spiro atoms. The lowest BCUT2D eigenvalue weighted by atomic mass is 9.94. The Balaban J connectivity index is 2.08. The fraction of sp³-hybridized carbons (Fsp3) is 0.350. The van der Waals surface area contributed by atoms with E-state index in [9.17, 15) is 8.28 Å². The summed E-state index contributed by atoms with van der Waals surface area (Å²) in [4.78, 5) is 4.52. The molecular formula is C20H23F2NOS. The highest BCUT2D eigenvalue weighted by Crippen LogP contribution is 2.31. The standard InChI is InChI=1S/C20H23F2NOS/c1-13(16-7-5-6-8-19(16)24-4)9-10-15(3)23-18-12-17(21)20(25-22)11-14(18)2/h5-8,11-13H,9-10H2,1-4H3. The van der Waals surface area contributed by atoms with Gasteiger partial charge in [0.05, 0.1) is 29.8 Å². The fourth-order valence-corrected chi connectivity index (χ4v) is 3.09. The van der Waals surface area contributed by atoms with E-state index >= 15 is 0 Å². The van der Waals surface area contributed by atoms with Gasteiger partial charge in [0.1, 0.15) is 11.6 Å². The SMILES string of the molecule is COc1ccccc1C(C)CCC(C)=Nc1cc(F)c(SF)cc1C. The Labute approximate surface area is 152 Å². The quantitative estimate of drug-likeness (QED) is 0.505. The average molecular weight is 363 g/mol. The molecule has 2 rings (SSSR count). The van der Waals surface area contributed by atoms with Gasteiger partial charge in [0.2, 0.25) is 0 Å². The lowest BCUT2D eigenvalue weighted by molar-refractivity contribution is 0.405. The number of nitrogens with zero attached hydrogens (tertiary/aromatic N) is 1. The largest absolute Gasteiger partial charge is 0.496 e. The fourth-order valence-electron chi connectivity index (χ4n) is 2.74. The van der Waals surface area contributed by atoms with Crippen molar-refractivity contribution in [1.82, 2.24) is 0 Å². The number of hydrogen-bond donors (Lipinski definition) is 0. The third-order valence-electron chi connectivity index (χ3n) is 4.25. The second kappa shape index (κ2) is 8.99. The zero-order valence-corrected chi connectivity index (χ0v) is 15.8. The predicted octanol–water partition coefficient (Wildman–Crippen LogP) is 6.80. The van der Waals surface area contributed by atoms with Gasteiger partial charge in [-0.15, -0.1) is 0 Å². The third kappa shape index (κ3) is 5.05. The summed E-state index contributed by atoms with van der Waals surface area (Å²) in [6.07, 6.45) is 1.70. The molecule has 0 heterocycles. The van der Waals surface area contributed by atoms with E-state index in [2.05, 4.69) is 18.0 Å². The summed E-state index contributed by atoms with van der Waals surface area (Å²) in [5, 5.41) is 0. The molecule has 0 radical (unpaired) electrons. The van der Waals surface area contributed by atoms with E-state index < -0.39 is 5.82 Å². The minimum absolute atomic E-state index is 0.00102. The second-order valence-corrected chi connectivity index (χ2v) is 6.77. The minimum Gasteiger partial charge on any atom is -0.496 e. The van der Waals surface area contributed by atoms with Gasteiger partial charge in [-0.1, -0.05) is 25.1 Å². The van der Waals surface area contributed by atoms with Crippen LogP contribution in [-0.2, 0) is 0 Å². The van der Waals surface area contributed by atoms with E-state index in [0.29, 0.717) is 11.6 Å². The van der Waals surface area contributed by atoms with Crippen LogP contribution in [0.5, 0.6) is 5.75 Å². The Morgan fingerprint density at radius 3 is 2.68 bits per heavy atom. The lowest BCUT2D eigenvalue weighted by Gasteiger charge is -2.15. The third-order valence-corrected chi connectivity index (χ3v) is 4.73. The van der Waals surface area contributed by atoms with Gasteiger partial charge in [-0.05, 0) is 55.9 Å². The highest BCUT2D eigenvalue weighted by molar-refractivity contribution is 7.94. The van der Waals surface area contributed by atoms with Crippen molar-refractivity contribution >= 4 is 23.5 Å². The van der Waals surface area contributed by atoms with Crippen molar-refractivity contribution in [3.63, 3.8) is 0 Å². The van der Waals surface area contributed by atoms with Crippen LogP contribution in [0.2, 0.25) is 0 Å². The van der Waals surface area contributed by atoms with Gasteiger partial charge in [0, 0.05) is 11.8 Å². The number of ether oxygens (including phenoxy) is 1. The number of hydrogen-bond acceptors (Lipinski definition) is 3. The van der Waals surface area contributed by atoms with Crippen LogP contribution in [0, 0.1) is 12.7 Å². The predicted molar refractivity (Wildman–Crippen MR) is 102 cm³/mol. The van der Waals surface area contributed by atoms with Crippen LogP contribution in [0.4, 0.5) is 14.0 Å². The highest BCUT2D eigenvalue weighted by Gasteiger charge is 2.12. The maximum Gasteiger partial charge on any atom is 0.141 e. The molecule has 1 atom stereocenters. The van der Waals surface area contributed by atoms with Gasteiger partial charge in [0.25, 0.3) is 0 Å². The molecule has 25 heavy (non-hydrogen) atoms. The van der Waals surface area contributed by atoms with E-state index in [4.69, 9.17) is 4.74 Å². The van der Waals surface area contributed by atoms with Crippen molar-refractivity contribution in [2.24, 2.45) is 4.99 Å². The first-order valence-electron chi connectivity index (χ1n) is 8.22. The molecule has 5 heteroatoms. The summed E-state index contributed by atoms with van der Waals surface area (Å²) in [6.45, 7) is 5.90. The van der Waals surface area contributed by atoms with Crippen LogP contribution in [0.1, 0.15) is 43.7 Å². The molecule has 2 aromatic rings. The van der Waals surface area contributed by atoms with Crippen molar-refractivity contribution in [2.75, 3.05) is 7.11 Å². The van der Waals surface area contributed by atoms with Crippen LogP contribution in [-0.4, -0.2) is 12.8 Å². The highest BCUT2D eigenvalue weighted by atomic mass is 32.2. The van der Waals surface area contributed by atoms with E-state index in [-0.39, 0.29) is 17.0 Å². The van der Waals surface area contributed by atoms with Crippen molar-refractivity contribution < 1.29 is 13.0 Å². The van der Waals surface area contributed by atoms with Crippen LogP contribution in [0.3, 0.4) is 0 Å². The van der Waals surface area contributed by atoms with E-state index in [1.807, 2.05) is 32.0 Å². The molecule has 0 aliphatic carbocycles. The van der Waals surface area contributed by atoms with Crippen LogP contribution >= 0.6 is 12.1 Å². The van der Waals surface area contributed by atoms with Gasteiger partial charge < -0.3 is 4.74 Å². The number of aliphatic imine (C=N–C) groups is 1. The molecule has 2 aromatic carbocycles. The summed E-state index contributed by atoms with van der Waals surface area (Å²) < 4.78 is 31.8. The van der Waals surface area contributed by atoms with Gasteiger partial charge in [0.15, 0.2) is 0 Å². The minimum atomic E-state index is -0.577. The molecule has 0 aliphatic heterocycles. The van der Waals surface area contributed by atoms with Gasteiger partial charge in [-0.3, -0.25) is 4.99 Å². The molecule has 0 aromatic heterocycles. The zero-order valence-electron chi connectivity index (χ0n) is 15.0. The smallest absolute Gasteiger partial charge is 0.141 e. The summed E-state index contributed by atoms with van der Waals surface area (Å²) in [6, 6.07) is 10.8. The van der Waals surface area contributed by atoms with Crippen LogP contribution in [0.25, 0.3) is 0 Å². The molecule has 0 N–H and O–H groups in total. The van der Waals surface area contributed by atoms with E-state index in [1.165, 1.54) is 17.7 Å². The van der Waals surface area contributed by atoms with Gasteiger partial charge in [-0.2, -0.15) is 3.89 Å². The van der Waals surface area contributed by atoms with Crippen molar-refractivity contribution in [1.29, 1.82) is 0 Å². The van der Waals surface area contributed by atoms with E-state index in [0.717, 1.165) is 29.9 Å². The first-order chi connectivity index (χ1) is 12.0. The molecule has 0 bridgehead atoms. The number of para-hydroxylation sites is 1. The molecular weight excluding hydrogens is 340 g/mol. The number of rotatable bonds is 7. The van der Waals surface area contributed by atoms with E-state index in [1.54, 1.807) is 7.11 Å². The van der Waals surface area contributed by atoms with Crippen LogP contribution < -0.4 is 4.74 Å². The van der Waals surface area contributed by atoms with Crippen molar-refractivity contribution in [3.8, 4) is 5.75 Å². The summed E-state index contributed by atoms with van der Waals surface area (Å²) in [7, 11) is 1.68. The molecule has 0 saturated carbocycles. The second-order valence-electron chi connectivity index (χ2n) is 6.18. The number of benzene rings is 2. The Kier molecular flexibility index (Phi) is 7.00.